The van der Waals surface area contributed by atoms with E-state index < -0.39 is 0 Å². The molecule has 16 heavy (non-hydrogen) atoms. The van der Waals surface area contributed by atoms with Gasteiger partial charge in [0.2, 0.25) is 0 Å². The Hall–Kier alpha value is -0.800. The topological polar surface area (TPSA) is 42.1 Å². The van der Waals surface area contributed by atoms with Crippen LogP contribution in [-0.2, 0) is 0 Å². The number of hydrogen-bond donors (Lipinski definition) is 1. The minimum atomic E-state index is 0.414. The van der Waals surface area contributed by atoms with Crippen LogP contribution in [-0.4, -0.2) is 23.6 Å². The molecule has 1 saturated heterocycles. The second-order valence-electron chi connectivity index (χ2n) is 4.41. The van der Waals surface area contributed by atoms with Crippen molar-refractivity contribution in [3.8, 4) is 0 Å². The minimum absolute atomic E-state index is 0.414. The number of piperidine rings is 1. The molecule has 2 heterocycles. The first-order valence-electron chi connectivity index (χ1n) is 5.82. The Labute approximate surface area is 102 Å². The van der Waals surface area contributed by atoms with Gasteiger partial charge in [0, 0.05) is 24.8 Å². The van der Waals surface area contributed by atoms with Crippen molar-refractivity contribution in [2.24, 2.45) is 5.73 Å². The number of nitrogens with zero attached hydrogens (tertiary/aromatic N) is 2. The van der Waals surface area contributed by atoms with E-state index in [9.17, 15) is 0 Å². The second-order valence-corrected chi connectivity index (χ2v) is 4.85. The fourth-order valence-corrected chi connectivity index (χ4v) is 2.56. The third-order valence-corrected chi connectivity index (χ3v) is 3.50. The molecule has 0 bridgehead atoms. The molecular formula is C12H18ClN3. The highest BCUT2D eigenvalue weighted by molar-refractivity contribution is 6.30. The Morgan fingerprint density at radius 1 is 1.50 bits per heavy atom. The molecule has 2 N–H and O–H groups in total. The van der Waals surface area contributed by atoms with E-state index in [1.165, 1.54) is 12.8 Å². The molecule has 3 nitrogen and oxygen atoms in total. The third kappa shape index (κ3) is 2.30. The molecule has 88 valence electrons. The van der Waals surface area contributed by atoms with Crippen molar-refractivity contribution in [1.82, 2.24) is 4.98 Å². The molecule has 4 heteroatoms. The van der Waals surface area contributed by atoms with Gasteiger partial charge in [-0.1, -0.05) is 11.6 Å². The molecule has 1 aromatic rings. The summed E-state index contributed by atoms with van der Waals surface area (Å²) in [5.41, 5.74) is 5.83. The summed E-state index contributed by atoms with van der Waals surface area (Å²) in [6.45, 7) is 2.92. The fraction of sp³-hybridized carbons (Fsp3) is 0.583. The number of hydrogen-bond acceptors (Lipinski definition) is 3. The van der Waals surface area contributed by atoms with Gasteiger partial charge in [0.05, 0.1) is 5.02 Å². The smallest absolute Gasteiger partial charge is 0.129 e. The molecule has 0 amide bonds. The summed E-state index contributed by atoms with van der Waals surface area (Å²) < 4.78 is 0. The zero-order valence-corrected chi connectivity index (χ0v) is 10.3. The summed E-state index contributed by atoms with van der Waals surface area (Å²) >= 11 is 5.85. The van der Waals surface area contributed by atoms with E-state index in [0.29, 0.717) is 23.7 Å². The average molecular weight is 240 g/mol. The summed E-state index contributed by atoms with van der Waals surface area (Å²) in [4.78, 5) is 6.72. The Kier molecular flexibility index (Phi) is 3.66. The van der Waals surface area contributed by atoms with Gasteiger partial charge in [-0.3, -0.25) is 0 Å². The molecule has 1 fully saturated rings. The van der Waals surface area contributed by atoms with E-state index in [4.69, 9.17) is 17.3 Å². The molecule has 2 rings (SSSR count). The fourth-order valence-electron chi connectivity index (χ4n) is 2.45. The normalized spacial score (nSPS) is 25.8. The standard InChI is InChI=1S/C12H18ClN3/c1-9-3-2-4-11(7-14)16(9)12-6-5-10(13)8-15-12/h5-6,8-9,11H,2-4,7,14H2,1H3. The van der Waals surface area contributed by atoms with Gasteiger partial charge >= 0.3 is 0 Å². The van der Waals surface area contributed by atoms with Crippen molar-refractivity contribution in [1.29, 1.82) is 0 Å². The second kappa shape index (κ2) is 5.02. The molecule has 0 spiro atoms. The van der Waals surface area contributed by atoms with Crippen LogP contribution in [0.4, 0.5) is 5.82 Å². The van der Waals surface area contributed by atoms with Crippen LogP contribution in [0.5, 0.6) is 0 Å². The van der Waals surface area contributed by atoms with Gasteiger partial charge in [-0.15, -0.1) is 0 Å². The molecule has 0 radical (unpaired) electrons. The van der Waals surface area contributed by atoms with Gasteiger partial charge in [0.1, 0.15) is 5.82 Å². The monoisotopic (exact) mass is 239 g/mol. The summed E-state index contributed by atoms with van der Waals surface area (Å²) in [6, 6.07) is 4.79. The predicted octanol–water partition coefficient (Wildman–Crippen LogP) is 2.44. The van der Waals surface area contributed by atoms with Crippen molar-refractivity contribution in [2.75, 3.05) is 11.4 Å². The Balaban J connectivity index is 2.24. The molecule has 1 aliphatic heterocycles. The summed E-state index contributed by atoms with van der Waals surface area (Å²) in [5, 5.41) is 0.678. The average Bonchev–Trinajstić information content (AvgIpc) is 2.30. The van der Waals surface area contributed by atoms with Crippen LogP contribution in [0.1, 0.15) is 26.2 Å². The first-order valence-corrected chi connectivity index (χ1v) is 6.20. The van der Waals surface area contributed by atoms with E-state index in [0.717, 1.165) is 12.2 Å². The number of anilines is 1. The van der Waals surface area contributed by atoms with E-state index in [1.54, 1.807) is 6.20 Å². The van der Waals surface area contributed by atoms with Crippen LogP contribution in [0.2, 0.25) is 5.02 Å². The lowest BCUT2D eigenvalue weighted by Gasteiger charge is -2.41. The number of halogens is 1. The quantitative estimate of drug-likeness (QED) is 0.862. The maximum atomic E-state index is 5.85. The molecule has 0 saturated carbocycles. The minimum Gasteiger partial charge on any atom is -0.350 e. The number of nitrogens with two attached hydrogens (primary N) is 1. The van der Waals surface area contributed by atoms with Crippen LogP contribution >= 0.6 is 11.6 Å². The lowest BCUT2D eigenvalue weighted by molar-refractivity contribution is 0.398. The van der Waals surface area contributed by atoms with Crippen LogP contribution < -0.4 is 10.6 Å². The van der Waals surface area contributed by atoms with E-state index in [1.807, 2.05) is 12.1 Å². The largest absolute Gasteiger partial charge is 0.350 e. The highest BCUT2D eigenvalue weighted by Crippen LogP contribution is 2.27. The van der Waals surface area contributed by atoms with E-state index >= 15 is 0 Å². The van der Waals surface area contributed by atoms with Crippen molar-refractivity contribution in [3.05, 3.63) is 23.4 Å². The number of rotatable bonds is 2. The van der Waals surface area contributed by atoms with Gasteiger partial charge in [-0.25, -0.2) is 4.98 Å². The molecule has 2 unspecified atom stereocenters. The van der Waals surface area contributed by atoms with E-state index in [-0.39, 0.29) is 0 Å². The maximum absolute atomic E-state index is 5.85. The Morgan fingerprint density at radius 3 is 2.94 bits per heavy atom. The summed E-state index contributed by atoms with van der Waals surface area (Å²) in [5.74, 6) is 0.993. The van der Waals surface area contributed by atoms with Gasteiger partial charge < -0.3 is 10.6 Å². The van der Waals surface area contributed by atoms with Gasteiger partial charge in [-0.05, 0) is 38.3 Å². The molecule has 2 atom stereocenters. The van der Waals surface area contributed by atoms with Crippen LogP contribution in [0.3, 0.4) is 0 Å². The lowest BCUT2D eigenvalue weighted by atomic mass is 9.96. The molecular weight excluding hydrogens is 222 g/mol. The van der Waals surface area contributed by atoms with Crippen LogP contribution in [0.15, 0.2) is 18.3 Å². The van der Waals surface area contributed by atoms with Crippen molar-refractivity contribution >= 4 is 17.4 Å². The first-order chi connectivity index (χ1) is 7.72. The zero-order chi connectivity index (χ0) is 11.5. The van der Waals surface area contributed by atoms with E-state index in [2.05, 4.69) is 16.8 Å². The summed E-state index contributed by atoms with van der Waals surface area (Å²) in [7, 11) is 0. The molecule has 0 aliphatic carbocycles. The van der Waals surface area contributed by atoms with Gasteiger partial charge in [0.25, 0.3) is 0 Å². The van der Waals surface area contributed by atoms with Gasteiger partial charge in [0.15, 0.2) is 0 Å². The lowest BCUT2D eigenvalue weighted by Crippen LogP contribution is -2.49. The predicted molar refractivity (Wildman–Crippen MR) is 67.9 cm³/mol. The highest BCUT2D eigenvalue weighted by Gasteiger charge is 2.27. The number of aromatic nitrogens is 1. The number of pyridine rings is 1. The van der Waals surface area contributed by atoms with Crippen molar-refractivity contribution in [3.63, 3.8) is 0 Å². The first kappa shape index (κ1) is 11.7. The zero-order valence-electron chi connectivity index (χ0n) is 9.56. The Morgan fingerprint density at radius 2 is 2.31 bits per heavy atom. The molecule has 1 aliphatic rings. The van der Waals surface area contributed by atoms with Crippen LogP contribution in [0, 0.1) is 0 Å². The highest BCUT2D eigenvalue weighted by atomic mass is 35.5. The van der Waals surface area contributed by atoms with Crippen LogP contribution in [0.25, 0.3) is 0 Å². The molecule has 1 aromatic heterocycles. The van der Waals surface area contributed by atoms with Crippen molar-refractivity contribution < 1.29 is 0 Å². The van der Waals surface area contributed by atoms with Crippen molar-refractivity contribution in [2.45, 2.75) is 38.3 Å². The SMILES string of the molecule is CC1CCCC(CN)N1c1ccc(Cl)cn1. The third-order valence-electron chi connectivity index (χ3n) is 3.28. The summed E-state index contributed by atoms with van der Waals surface area (Å²) in [6.07, 6.45) is 5.32. The van der Waals surface area contributed by atoms with Gasteiger partial charge in [-0.2, -0.15) is 0 Å². The Bertz CT molecular complexity index is 339. The molecule has 0 aromatic carbocycles. The maximum Gasteiger partial charge on any atom is 0.129 e.